The summed E-state index contributed by atoms with van der Waals surface area (Å²) in [6, 6.07) is 14.0. The molecule has 0 aliphatic carbocycles. The molecule has 0 fully saturated rings. The van der Waals surface area contributed by atoms with Crippen molar-refractivity contribution in [2.24, 2.45) is 0 Å². The van der Waals surface area contributed by atoms with Gasteiger partial charge in [-0.2, -0.15) is 0 Å². The Morgan fingerprint density at radius 1 is 1.07 bits per heavy atom. The first kappa shape index (κ1) is 19.5. The minimum atomic E-state index is -0.0269. The molecule has 0 bridgehead atoms. The second-order valence-corrected chi connectivity index (χ2v) is 7.67. The van der Waals surface area contributed by atoms with Crippen molar-refractivity contribution >= 4 is 17.2 Å². The first-order valence-electron chi connectivity index (χ1n) is 9.91. The molecule has 3 aromatic rings. The molecular weight excluding hydrogens is 384 g/mol. The van der Waals surface area contributed by atoms with Crippen LogP contribution in [0.3, 0.4) is 0 Å². The lowest BCUT2D eigenvalue weighted by Gasteiger charge is -2.29. The van der Waals surface area contributed by atoms with E-state index in [1.165, 1.54) is 16.9 Å². The van der Waals surface area contributed by atoms with Crippen LogP contribution < -0.4 is 9.47 Å². The highest BCUT2D eigenvalue weighted by Gasteiger charge is 2.25. The first-order valence-corrected chi connectivity index (χ1v) is 10.8. The fraction of sp³-hybridized carbons (Fsp3) is 0.304. The third-order valence-corrected chi connectivity index (χ3v) is 5.80. The second kappa shape index (κ2) is 8.66. The Labute approximate surface area is 174 Å². The third-order valence-electron chi connectivity index (χ3n) is 4.91. The van der Waals surface area contributed by atoms with Crippen LogP contribution in [0.2, 0.25) is 0 Å². The van der Waals surface area contributed by atoms with E-state index in [0.717, 1.165) is 34.1 Å². The fourth-order valence-electron chi connectivity index (χ4n) is 3.52. The van der Waals surface area contributed by atoms with Crippen LogP contribution >= 0.6 is 11.3 Å². The van der Waals surface area contributed by atoms with Gasteiger partial charge in [-0.15, -0.1) is 11.3 Å². The van der Waals surface area contributed by atoms with E-state index < -0.39 is 0 Å². The predicted octanol–water partition coefficient (Wildman–Crippen LogP) is 4.81. The van der Waals surface area contributed by atoms with E-state index in [1.807, 2.05) is 60.5 Å². The molecule has 1 aliphatic heterocycles. The van der Waals surface area contributed by atoms with Gasteiger partial charge in [-0.3, -0.25) is 4.79 Å². The van der Waals surface area contributed by atoms with E-state index in [2.05, 4.69) is 11.1 Å². The van der Waals surface area contributed by atoms with E-state index in [4.69, 9.17) is 9.47 Å². The van der Waals surface area contributed by atoms with Gasteiger partial charge < -0.3 is 14.4 Å². The first-order chi connectivity index (χ1) is 14.2. The number of amides is 1. The molecule has 1 amide bonds. The van der Waals surface area contributed by atoms with Crippen LogP contribution in [0.15, 0.2) is 47.8 Å². The standard InChI is InChI=1S/C23H24N2O3S/c1-3-27-20-12-17-10-11-25(14-18(17)13-21(20)28-4-2)23(26)19-15-29-22(24-19)16-8-6-5-7-9-16/h5-9,12-13,15H,3-4,10-11,14H2,1-2H3. The van der Waals surface area contributed by atoms with Crippen molar-refractivity contribution in [3.05, 3.63) is 64.7 Å². The van der Waals surface area contributed by atoms with E-state index >= 15 is 0 Å². The second-order valence-electron chi connectivity index (χ2n) is 6.81. The largest absolute Gasteiger partial charge is 0.490 e. The molecule has 0 atom stereocenters. The van der Waals surface area contributed by atoms with Crippen LogP contribution in [0, 0.1) is 0 Å². The van der Waals surface area contributed by atoms with E-state index in [1.54, 1.807) is 0 Å². The zero-order valence-electron chi connectivity index (χ0n) is 16.7. The molecule has 5 nitrogen and oxygen atoms in total. The van der Waals surface area contributed by atoms with Crippen molar-refractivity contribution in [2.75, 3.05) is 19.8 Å². The number of fused-ring (bicyclic) bond motifs is 1. The van der Waals surface area contributed by atoms with E-state index in [0.29, 0.717) is 32.0 Å². The van der Waals surface area contributed by atoms with Gasteiger partial charge in [0.05, 0.1) is 13.2 Å². The summed E-state index contributed by atoms with van der Waals surface area (Å²) >= 11 is 1.50. The molecule has 150 valence electrons. The summed E-state index contributed by atoms with van der Waals surface area (Å²) in [5, 5.41) is 2.72. The number of hydrogen-bond acceptors (Lipinski definition) is 5. The zero-order chi connectivity index (χ0) is 20.2. The van der Waals surface area contributed by atoms with E-state index in [9.17, 15) is 4.79 Å². The van der Waals surface area contributed by atoms with Gasteiger partial charge in [0.15, 0.2) is 11.5 Å². The lowest BCUT2D eigenvalue weighted by molar-refractivity contribution is 0.0729. The summed E-state index contributed by atoms with van der Waals surface area (Å²) in [6.45, 7) is 6.31. The summed E-state index contributed by atoms with van der Waals surface area (Å²) < 4.78 is 11.5. The van der Waals surface area contributed by atoms with Gasteiger partial charge in [-0.1, -0.05) is 30.3 Å². The van der Waals surface area contributed by atoms with Crippen LogP contribution in [-0.2, 0) is 13.0 Å². The van der Waals surface area contributed by atoms with Gasteiger partial charge in [-0.05, 0) is 43.5 Å². The summed E-state index contributed by atoms with van der Waals surface area (Å²) in [4.78, 5) is 19.5. The fourth-order valence-corrected chi connectivity index (χ4v) is 4.32. The molecule has 0 saturated carbocycles. The Hall–Kier alpha value is -2.86. The maximum absolute atomic E-state index is 13.0. The maximum Gasteiger partial charge on any atom is 0.273 e. The minimum Gasteiger partial charge on any atom is -0.490 e. The van der Waals surface area contributed by atoms with Gasteiger partial charge in [-0.25, -0.2) is 4.98 Å². The van der Waals surface area contributed by atoms with Gasteiger partial charge in [0.2, 0.25) is 0 Å². The van der Waals surface area contributed by atoms with Gasteiger partial charge >= 0.3 is 0 Å². The summed E-state index contributed by atoms with van der Waals surface area (Å²) in [6.07, 6.45) is 0.795. The van der Waals surface area contributed by atoms with Gasteiger partial charge in [0.25, 0.3) is 5.91 Å². The van der Waals surface area contributed by atoms with Crippen molar-refractivity contribution in [2.45, 2.75) is 26.8 Å². The number of ether oxygens (including phenoxy) is 2. The number of carbonyl (C=O) groups excluding carboxylic acids is 1. The Morgan fingerprint density at radius 3 is 2.45 bits per heavy atom. The SMILES string of the molecule is CCOc1cc2c(cc1OCC)CN(C(=O)c1csc(-c3ccccc3)n1)CC2. The van der Waals surface area contributed by atoms with Gasteiger partial charge in [0.1, 0.15) is 10.7 Å². The van der Waals surface area contributed by atoms with Crippen molar-refractivity contribution in [3.8, 4) is 22.1 Å². The topological polar surface area (TPSA) is 51.7 Å². The van der Waals surface area contributed by atoms with Crippen molar-refractivity contribution in [1.29, 1.82) is 0 Å². The third kappa shape index (κ3) is 4.12. The number of rotatable bonds is 6. The predicted molar refractivity (Wildman–Crippen MR) is 115 cm³/mol. The molecule has 2 heterocycles. The van der Waals surface area contributed by atoms with E-state index in [-0.39, 0.29) is 5.91 Å². The molecule has 1 aromatic heterocycles. The summed E-state index contributed by atoms with van der Waals surface area (Å²) in [5.41, 5.74) is 3.86. The van der Waals surface area contributed by atoms with Crippen LogP contribution in [0.4, 0.5) is 0 Å². The molecule has 0 N–H and O–H groups in total. The molecule has 0 unspecified atom stereocenters. The highest BCUT2D eigenvalue weighted by molar-refractivity contribution is 7.13. The highest BCUT2D eigenvalue weighted by atomic mass is 32.1. The number of hydrogen-bond donors (Lipinski definition) is 0. The number of carbonyl (C=O) groups is 1. The molecule has 2 aromatic carbocycles. The number of benzene rings is 2. The molecule has 0 saturated heterocycles. The van der Waals surface area contributed by atoms with Crippen LogP contribution in [0.1, 0.15) is 35.5 Å². The lowest BCUT2D eigenvalue weighted by atomic mass is 9.98. The van der Waals surface area contributed by atoms with Crippen molar-refractivity contribution < 1.29 is 14.3 Å². The summed E-state index contributed by atoms with van der Waals surface area (Å²) in [7, 11) is 0. The number of aromatic nitrogens is 1. The number of thiazole rings is 1. The maximum atomic E-state index is 13.0. The molecule has 0 spiro atoms. The molecule has 29 heavy (non-hydrogen) atoms. The molecular formula is C23H24N2O3S. The average molecular weight is 409 g/mol. The quantitative estimate of drug-likeness (QED) is 0.588. The van der Waals surface area contributed by atoms with Crippen LogP contribution in [0.5, 0.6) is 11.5 Å². The Bertz CT molecular complexity index is 1000. The van der Waals surface area contributed by atoms with Crippen molar-refractivity contribution in [3.63, 3.8) is 0 Å². The summed E-state index contributed by atoms with van der Waals surface area (Å²) in [5.74, 6) is 1.49. The molecule has 6 heteroatoms. The normalized spacial score (nSPS) is 13.1. The minimum absolute atomic E-state index is 0.0269. The number of nitrogens with zero attached hydrogens (tertiary/aromatic N) is 2. The molecule has 0 radical (unpaired) electrons. The van der Waals surface area contributed by atoms with Crippen molar-refractivity contribution in [1.82, 2.24) is 9.88 Å². The smallest absolute Gasteiger partial charge is 0.273 e. The molecule has 4 rings (SSSR count). The Kier molecular flexibility index (Phi) is 5.81. The van der Waals surface area contributed by atoms with Gasteiger partial charge in [0, 0.05) is 24.0 Å². The zero-order valence-corrected chi connectivity index (χ0v) is 17.5. The average Bonchev–Trinajstić information content (AvgIpc) is 3.24. The highest BCUT2D eigenvalue weighted by Crippen LogP contribution is 2.34. The monoisotopic (exact) mass is 408 g/mol. The Morgan fingerprint density at radius 2 is 1.76 bits per heavy atom. The lowest BCUT2D eigenvalue weighted by Crippen LogP contribution is -2.36. The Balaban J connectivity index is 1.54. The van der Waals surface area contributed by atoms with Crippen LogP contribution in [0.25, 0.3) is 10.6 Å². The van der Waals surface area contributed by atoms with Crippen LogP contribution in [-0.4, -0.2) is 35.5 Å². The molecule has 1 aliphatic rings.